The van der Waals surface area contributed by atoms with Gasteiger partial charge in [0.2, 0.25) is 5.91 Å². The van der Waals surface area contributed by atoms with Crippen LogP contribution in [-0.2, 0) is 9.53 Å². The van der Waals surface area contributed by atoms with E-state index in [9.17, 15) is 14.4 Å². The summed E-state index contributed by atoms with van der Waals surface area (Å²) in [6, 6.07) is 11.7. The fraction of sp³-hybridized carbons (Fsp3) is 0.200. The fourth-order valence-corrected chi connectivity index (χ4v) is 2.78. The smallest absolute Gasteiger partial charge is 0.360 e. The van der Waals surface area contributed by atoms with Crippen LogP contribution in [0.3, 0.4) is 0 Å². The molecule has 0 saturated carbocycles. The molecule has 144 valence electrons. The van der Waals surface area contributed by atoms with Gasteiger partial charge in [0.1, 0.15) is 5.65 Å². The monoisotopic (exact) mass is 399 g/mol. The highest BCUT2D eigenvalue weighted by Gasteiger charge is 2.22. The summed E-state index contributed by atoms with van der Waals surface area (Å²) in [5.74, 6) is -0.981. The third-order valence-corrected chi connectivity index (χ3v) is 4.25. The molecule has 3 aromatic rings. The molecule has 7 nitrogen and oxygen atoms in total. The number of aromatic nitrogens is 2. The summed E-state index contributed by atoms with van der Waals surface area (Å²) in [5.41, 5.74) is 1.00. The summed E-state index contributed by atoms with van der Waals surface area (Å²) >= 11 is 5.81. The molecule has 3 rings (SSSR count). The van der Waals surface area contributed by atoms with Gasteiger partial charge in [-0.2, -0.15) is 0 Å². The first-order chi connectivity index (χ1) is 13.5. The van der Waals surface area contributed by atoms with Crippen molar-refractivity contribution in [2.75, 3.05) is 11.9 Å². The van der Waals surface area contributed by atoms with Crippen molar-refractivity contribution >= 4 is 40.7 Å². The second-order valence-corrected chi connectivity index (χ2v) is 6.37. The van der Waals surface area contributed by atoms with Crippen LogP contribution in [0.15, 0.2) is 48.7 Å². The van der Waals surface area contributed by atoms with Crippen LogP contribution in [0.5, 0.6) is 0 Å². The van der Waals surface area contributed by atoms with E-state index >= 15 is 0 Å². The summed E-state index contributed by atoms with van der Waals surface area (Å²) in [7, 11) is 0. The van der Waals surface area contributed by atoms with Crippen LogP contribution in [0.4, 0.5) is 5.82 Å². The minimum atomic E-state index is -0.626. The molecule has 0 unspecified atom stereocenters. The number of hydrogen-bond donors (Lipinski definition) is 1. The van der Waals surface area contributed by atoms with E-state index in [1.165, 1.54) is 0 Å². The van der Waals surface area contributed by atoms with Crippen molar-refractivity contribution in [1.82, 2.24) is 9.38 Å². The number of carbonyl (C=O) groups is 3. The number of carbonyl (C=O) groups excluding carboxylic acids is 3. The number of benzene rings is 1. The fourth-order valence-electron chi connectivity index (χ4n) is 2.66. The highest BCUT2D eigenvalue weighted by Crippen LogP contribution is 2.20. The first kappa shape index (κ1) is 19.6. The Balaban J connectivity index is 1.73. The van der Waals surface area contributed by atoms with Crippen molar-refractivity contribution in [2.24, 2.45) is 0 Å². The number of halogens is 1. The van der Waals surface area contributed by atoms with Gasteiger partial charge in [-0.25, -0.2) is 9.78 Å². The SMILES string of the molecule is CCOC(=O)c1nc2ccccn2c1NC(=O)CCC(=O)c1ccc(Cl)cc1. The summed E-state index contributed by atoms with van der Waals surface area (Å²) in [5, 5.41) is 3.21. The van der Waals surface area contributed by atoms with Crippen molar-refractivity contribution < 1.29 is 19.1 Å². The number of pyridine rings is 1. The number of ketones is 1. The molecule has 2 aromatic heterocycles. The number of nitrogens with zero attached hydrogens (tertiary/aromatic N) is 2. The maximum atomic E-state index is 12.4. The minimum Gasteiger partial charge on any atom is -0.461 e. The van der Waals surface area contributed by atoms with E-state index < -0.39 is 11.9 Å². The second-order valence-electron chi connectivity index (χ2n) is 5.94. The van der Waals surface area contributed by atoms with Crippen molar-refractivity contribution in [3.63, 3.8) is 0 Å². The molecule has 0 saturated heterocycles. The van der Waals surface area contributed by atoms with E-state index in [0.29, 0.717) is 16.2 Å². The molecule has 8 heteroatoms. The summed E-state index contributed by atoms with van der Waals surface area (Å²) in [6.07, 6.45) is 1.67. The third-order valence-electron chi connectivity index (χ3n) is 4.00. The van der Waals surface area contributed by atoms with Gasteiger partial charge in [-0.15, -0.1) is 0 Å². The molecule has 1 amide bonds. The molecular formula is C20H18ClN3O4. The van der Waals surface area contributed by atoms with Gasteiger partial charge in [-0.3, -0.25) is 14.0 Å². The van der Waals surface area contributed by atoms with Gasteiger partial charge in [-0.05, 0) is 43.3 Å². The predicted molar refractivity (Wildman–Crippen MR) is 105 cm³/mol. The molecule has 0 aliphatic carbocycles. The van der Waals surface area contributed by atoms with Gasteiger partial charge in [0.25, 0.3) is 0 Å². The van der Waals surface area contributed by atoms with E-state index in [-0.39, 0.29) is 36.7 Å². The van der Waals surface area contributed by atoms with E-state index in [1.807, 2.05) is 0 Å². The molecule has 0 aliphatic heterocycles. The van der Waals surface area contributed by atoms with Crippen LogP contribution in [0.2, 0.25) is 5.02 Å². The highest BCUT2D eigenvalue weighted by molar-refractivity contribution is 6.30. The summed E-state index contributed by atoms with van der Waals surface area (Å²) < 4.78 is 6.60. The third kappa shape index (κ3) is 4.37. The van der Waals surface area contributed by atoms with E-state index in [1.54, 1.807) is 60.0 Å². The highest BCUT2D eigenvalue weighted by atomic mass is 35.5. The Labute approximate surface area is 166 Å². The molecule has 28 heavy (non-hydrogen) atoms. The number of nitrogens with one attached hydrogen (secondary N) is 1. The molecule has 0 atom stereocenters. The first-order valence-electron chi connectivity index (χ1n) is 8.72. The molecule has 0 radical (unpaired) electrons. The van der Waals surface area contributed by atoms with E-state index in [0.717, 1.165) is 0 Å². The van der Waals surface area contributed by atoms with Crippen LogP contribution in [-0.4, -0.2) is 33.7 Å². The van der Waals surface area contributed by atoms with Gasteiger partial charge in [0.15, 0.2) is 17.3 Å². The maximum absolute atomic E-state index is 12.4. The van der Waals surface area contributed by atoms with Crippen molar-refractivity contribution in [3.05, 3.63) is 64.9 Å². The number of ether oxygens (including phenoxy) is 1. The quantitative estimate of drug-likeness (QED) is 0.482. The zero-order valence-electron chi connectivity index (χ0n) is 15.1. The Bertz CT molecular complexity index is 1030. The average Bonchev–Trinajstić information content (AvgIpc) is 3.05. The zero-order valence-corrected chi connectivity index (χ0v) is 15.9. The van der Waals surface area contributed by atoms with Gasteiger partial charge < -0.3 is 10.1 Å². The van der Waals surface area contributed by atoms with Crippen molar-refractivity contribution in [1.29, 1.82) is 0 Å². The Morgan fingerprint density at radius 2 is 1.86 bits per heavy atom. The molecular weight excluding hydrogens is 382 g/mol. The average molecular weight is 400 g/mol. The zero-order chi connectivity index (χ0) is 20.1. The molecule has 0 spiro atoms. The van der Waals surface area contributed by atoms with Gasteiger partial charge in [0.05, 0.1) is 6.61 Å². The molecule has 1 N–H and O–H groups in total. The Hall–Kier alpha value is -3.19. The van der Waals surface area contributed by atoms with E-state index in [4.69, 9.17) is 16.3 Å². The van der Waals surface area contributed by atoms with E-state index in [2.05, 4.69) is 10.3 Å². The first-order valence-corrected chi connectivity index (χ1v) is 9.10. The minimum absolute atomic E-state index is 0.0189. The van der Waals surface area contributed by atoms with Crippen LogP contribution < -0.4 is 5.32 Å². The maximum Gasteiger partial charge on any atom is 0.360 e. The molecule has 2 heterocycles. The second kappa shape index (κ2) is 8.67. The normalized spacial score (nSPS) is 10.6. The van der Waals surface area contributed by atoms with Crippen LogP contribution >= 0.6 is 11.6 Å². The largest absolute Gasteiger partial charge is 0.461 e. The lowest BCUT2D eigenvalue weighted by atomic mass is 10.1. The molecule has 1 aromatic carbocycles. The lowest BCUT2D eigenvalue weighted by Gasteiger charge is -2.07. The van der Waals surface area contributed by atoms with Gasteiger partial charge >= 0.3 is 5.97 Å². The number of imidazole rings is 1. The predicted octanol–water partition coefficient (Wildman–Crippen LogP) is 3.77. The number of esters is 1. The lowest BCUT2D eigenvalue weighted by Crippen LogP contribution is -2.17. The number of rotatable bonds is 7. The van der Waals surface area contributed by atoms with Crippen LogP contribution in [0, 0.1) is 0 Å². The van der Waals surface area contributed by atoms with Crippen LogP contribution in [0.1, 0.15) is 40.6 Å². The molecule has 0 bridgehead atoms. The Kier molecular flexibility index (Phi) is 6.06. The van der Waals surface area contributed by atoms with Crippen molar-refractivity contribution in [3.8, 4) is 0 Å². The number of amides is 1. The standard InChI is InChI=1S/C20H18ClN3O4/c1-2-28-20(27)18-19(24-12-4-3-5-16(24)22-18)23-17(26)11-10-15(25)13-6-8-14(21)9-7-13/h3-9,12H,2,10-11H2,1H3,(H,23,26). The summed E-state index contributed by atoms with van der Waals surface area (Å²) in [4.78, 5) is 41.0. The number of anilines is 1. The number of Topliss-reactive ketones (excluding diaryl/α,β-unsaturated/α-hetero) is 1. The van der Waals surface area contributed by atoms with Gasteiger partial charge in [0, 0.05) is 29.6 Å². The number of fused-ring (bicyclic) bond motifs is 1. The van der Waals surface area contributed by atoms with Crippen LogP contribution in [0.25, 0.3) is 5.65 Å². The molecule has 0 fully saturated rings. The lowest BCUT2D eigenvalue weighted by molar-refractivity contribution is -0.116. The van der Waals surface area contributed by atoms with Gasteiger partial charge in [-0.1, -0.05) is 17.7 Å². The molecule has 0 aliphatic rings. The summed E-state index contributed by atoms with van der Waals surface area (Å²) in [6.45, 7) is 1.88. The number of hydrogen-bond acceptors (Lipinski definition) is 5. The van der Waals surface area contributed by atoms with Crippen molar-refractivity contribution in [2.45, 2.75) is 19.8 Å². The Morgan fingerprint density at radius 3 is 2.57 bits per heavy atom. The Morgan fingerprint density at radius 1 is 1.11 bits per heavy atom. The topological polar surface area (TPSA) is 89.8 Å².